The number of nitrogens with zero attached hydrogens (tertiary/aromatic N) is 3. The van der Waals surface area contributed by atoms with Gasteiger partial charge in [0, 0.05) is 30.2 Å². The van der Waals surface area contributed by atoms with Gasteiger partial charge in [0.1, 0.15) is 11.6 Å². The molecule has 1 heterocycles. The second kappa shape index (κ2) is 11.8. The van der Waals surface area contributed by atoms with Gasteiger partial charge in [-0.25, -0.2) is 4.98 Å². The summed E-state index contributed by atoms with van der Waals surface area (Å²) in [7, 11) is 5.30. The Kier molecular flexibility index (Phi) is 8.30. The van der Waals surface area contributed by atoms with E-state index in [9.17, 15) is 18.0 Å². The number of likely N-dealkylation sites (N-methyl/N-ethyl adjacent to an activating group) is 1. The average molecular weight is 537 g/mol. The van der Waals surface area contributed by atoms with E-state index in [1.165, 1.54) is 25.4 Å². The Morgan fingerprint density at radius 1 is 1.03 bits per heavy atom. The number of hydrogen-bond acceptors (Lipinski definition) is 7. The minimum Gasteiger partial charge on any atom is -0.495 e. The van der Waals surface area contributed by atoms with Crippen LogP contribution in [0.25, 0.3) is 10.8 Å². The van der Waals surface area contributed by atoms with Gasteiger partial charge in [0.25, 0.3) is 0 Å². The maximum atomic E-state index is 13.7. The molecule has 0 radical (unpaired) electrons. The molecule has 8 nitrogen and oxygen atoms in total. The van der Waals surface area contributed by atoms with Gasteiger partial charge in [-0.05, 0) is 61.3 Å². The Morgan fingerprint density at radius 2 is 1.82 bits per heavy atom. The van der Waals surface area contributed by atoms with Crippen molar-refractivity contribution in [3.8, 4) is 5.75 Å². The third kappa shape index (κ3) is 7.23. The van der Waals surface area contributed by atoms with Crippen LogP contribution in [0.1, 0.15) is 5.56 Å². The van der Waals surface area contributed by atoms with Crippen LogP contribution < -0.4 is 20.7 Å². The van der Waals surface area contributed by atoms with Gasteiger partial charge in [-0.1, -0.05) is 30.3 Å². The quantitative estimate of drug-likeness (QED) is 0.219. The summed E-state index contributed by atoms with van der Waals surface area (Å²) < 4.78 is 46.5. The Balaban J connectivity index is 1.55. The molecule has 0 unspecified atom stereocenters. The van der Waals surface area contributed by atoms with Crippen LogP contribution in [0.5, 0.6) is 5.75 Å². The molecule has 3 N–H and O–H groups in total. The maximum Gasteiger partial charge on any atom is 0.417 e. The van der Waals surface area contributed by atoms with Crippen molar-refractivity contribution in [1.29, 1.82) is 0 Å². The molecular formula is C28H27F3N6O2. The zero-order chi connectivity index (χ0) is 28.0. The van der Waals surface area contributed by atoms with Gasteiger partial charge in [-0.2, -0.15) is 18.2 Å². The van der Waals surface area contributed by atoms with Crippen molar-refractivity contribution in [2.45, 2.75) is 6.18 Å². The summed E-state index contributed by atoms with van der Waals surface area (Å²) in [4.78, 5) is 22.8. The first-order valence-electron chi connectivity index (χ1n) is 11.9. The van der Waals surface area contributed by atoms with E-state index in [1.807, 2.05) is 19.0 Å². The van der Waals surface area contributed by atoms with Crippen LogP contribution in [0.15, 0.2) is 79.0 Å². The molecule has 202 valence electrons. The van der Waals surface area contributed by atoms with Crippen LogP contribution in [-0.2, 0) is 11.0 Å². The first-order valence-corrected chi connectivity index (χ1v) is 11.9. The lowest BCUT2D eigenvalue weighted by Crippen LogP contribution is -2.13. The fraction of sp³-hybridized carbons (Fsp3) is 0.179. The Bertz CT molecular complexity index is 1500. The third-order valence-corrected chi connectivity index (χ3v) is 5.55. The number of benzene rings is 3. The Hall–Kier alpha value is -4.64. The summed E-state index contributed by atoms with van der Waals surface area (Å²) in [6, 6.07) is 15.6. The number of ether oxygens (including phenoxy) is 1. The van der Waals surface area contributed by atoms with E-state index in [0.29, 0.717) is 29.1 Å². The number of alkyl halides is 3. The molecule has 1 aromatic heterocycles. The highest BCUT2D eigenvalue weighted by atomic mass is 19.4. The number of hydrogen-bond donors (Lipinski definition) is 3. The number of amides is 1. The number of nitrogens with one attached hydrogen (secondary N) is 3. The number of methoxy groups -OCH3 is 1. The van der Waals surface area contributed by atoms with E-state index in [0.717, 1.165) is 6.07 Å². The van der Waals surface area contributed by atoms with E-state index in [2.05, 4.69) is 25.9 Å². The van der Waals surface area contributed by atoms with Crippen LogP contribution in [0.4, 0.5) is 42.0 Å². The molecule has 0 fully saturated rings. The molecular weight excluding hydrogens is 509 g/mol. The highest BCUT2D eigenvalue weighted by Gasteiger charge is 2.33. The van der Waals surface area contributed by atoms with Crippen molar-refractivity contribution < 1.29 is 22.7 Å². The lowest BCUT2D eigenvalue weighted by atomic mass is 10.0. The highest BCUT2D eigenvalue weighted by Crippen LogP contribution is 2.37. The van der Waals surface area contributed by atoms with E-state index in [4.69, 9.17) is 4.74 Å². The summed E-state index contributed by atoms with van der Waals surface area (Å²) in [6.45, 7) is 0.626. The number of halogens is 3. The standard InChI is InChI=1S/C28H27F3N6O2/c1-37(2)14-6-9-26(38)34-19-10-11-24(39-3)23(17-19)35-27-32-13-12-25(36-27)33-20-15-18-7-4-5-8-21(18)22(16-20)28(29,30)31/h4-13,15-17H,14H2,1-3H3,(H,34,38)(H2,32,33,35,36)/b9-6+. The molecule has 1 amide bonds. The van der Waals surface area contributed by atoms with Crippen molar-refractivity contribution in [2.24, 2.45) is 0 Å². The lowest BCUT2D eigenvalue weighted by molar-refractivity contribution is -0.136. The minimum atomic E-state index is -4.52. The van der Waals surface area contributed by atoms with Gasteiger partial charge in [0.05, 0.1) is 18.4 Å². The molecule has 0 saturated heterocycles. The topological polar surface area (TPSA) is 91.4 Å². The SMILES string of the molecule is COc1ccc(NC(=O)/C=C/CN(C)C)cc1Nc1nccc(Nc2cc(C(F)(F)F)c3ccccc3c2)n1. The van der Waals surface area contributed by atoms with Crippen molar-refractivity contribution in [2.75, 3.05) is 43.7 Å². The number of aromatic nitrogens is 2. The first-order chi connectivity index (χ1) is 18.6. The molecule has 39 heavy (non-hydrogen) atoms. The molecule has 0 aliphatic rings. The fourth-order valence-corrected chi connectivity index (χ4v) is 3.81. The Labute approximate surface area is 223 Å². The summed E-state index contributed by atoms with van der Waals surface area (Å²) in [6.07, 6.45) is 0.149. The molecule has 3 aromatic carbocycles. The van der Waals surface area contributed by atoms with Gasteiger partial charge in [-0.15, -0.1) is 0 Å². The molecule has 0 saturated carbocycles. The predicted molar refractivity (Wildman–Crippen MR) is 147 cm³/mol. The highest BCUT2D eigenvalue weighted by molar-refractivity contribution is 5.99. The van der Waals surface area contributed by atoms with Gasteiger partial charge in [0.2, 0.25) is 11.9 Å². The zero-order valence-electron chi connectivity index (χ0n) is 21.5. The second-order valence-electron chi connectivity index (χ2n) is 8.83. The summed E-state index contributed by atoms with van der Waals surface area (Å²) >= 11 is 0. The first kappa shape index (κ1) is 27.4. The molecule has 0 spiro atoms. The minimum absolute atomic E-state index is 0.118. The van der Waals surface area contributed by atoms with Crippen LogP contribution in [0, 0.1) is 0 Å². The predicted octanol–water partition coefficient (Wildman–Crippen LogP) is 6.20. The fourth-order valence-electron chi connectivity index (χ4n) is 3.81. The largest absolute Gasteiger partial charge is 0.495 e. The molecule has 0 bridgehead atoms. The zero-order valence-corrected chi connectivity index (χ0v) is 21.5. The van der Waals surface area contributed by atoms with Crippen LogP contribution in [0.3, 0.4) is 0 Å². The van der Waals surface area contributed by atoms with Crippen molar-refractivity contribution in [3.05, 3.63) is 84.6 Å². The van der Waals surface area contributed by atoms with Gasteiger partial charge in [-0.3, -0.25) is 4.79 Å². The van der Waals surface area contributed by atoms with E-state index >= 15 is 0 Å². The summed E-state index contributed by atoms with van der Waals surface area (Å²) in [5.74, 6) is 0.640. The van der Waals surface area contributed by atoms with Crippen molar-refractivity contribution in [1.82, 2.24) is 14.9 Å². The molecule has 4 aromatic rings. The Morgan fingerprint density at radius 3 is 2.56 bits per heavy atom. The van der Waals surface area contributed by atoms with Gasteiger partial charge in [0.15, 0.2) is 0 Å². The average Bonchev–Trinajstić information content (AvgIpc) is 2.88. The number of carbonyl (C=O) groups excluding carboxylic acids is 1. The smallest absolute Gasteiger partial charge is 0.417 e. The molecule has 0 atom stereocenters. The molecule has 0 aliphatic carbocycles. The molecule has 4 rings (SSSR count). The van der Waals surface area contributed by atoms with Crippen LogP contribution in [0.2, 0.25) is 0 Å². The number of rotatable bonds is 9. The number of carbonyl (C=O) groups is 1. The summed E-state index contributed by atoms with van der Waals surface area (Å²) in [5.41, 5.74) is 0.489. The lowest BCUT2D eigenvalue weighted by Gasteiger charge is -2.15. The number of fused-ring (bicyclic) bond motifs is 1. The van der Waals surface area contributed by atoms with E-state index < -0.39 is 11.7 Å². The van der Waals surface area contributed by atoms with Crippen molar-refractivity contribution in [3.63, 3.8) is 0 Å². The van der Waals surface area contributed by atoms with Crippen molar-refractivity contribution >= 4 is 45.5 Å². The molecule has 0 aliphatic heterocycles. The van der Waals surface area contributed by atoms with Gasteiger partial charge < -0.3 is 25.6 Å². The monoisotopic (exact) mass is 536 g/mol. The normalized spacial score (nSPS) is 11.7. The van der Waals surface area contributed by atoms with Crippen LogP contribution in [-0.4, -0.2) is 48.5 Å². The second-order valence-corrected chi connectivity index (χ2v) is 8.83. The number of anilines is 5. The van der Waals surface area contributed by atoms with Crippen LogP contribution >= 0.6 is 0 Å². The van der Waals surface area contributed by atoms with E-state index in [-0.39, 0.29) is 28.7 Å². The summed E-state index contributed by atoms with van der Waals surface area (Å²) in [5, 5.41) is 9.33. The maximum absolute atomic E-state index is 13.7. The molecule has 11 heteroatoms. The third-order valence-electron chi connectivity index (χ3n) is 5.55. The van der Waals surface area contributed by atoms with E-state index in [1.54, 1.807) is 54.6 Å². The van der Waals surface area contributed by atoms with Gasteiger partial charge >= 0.3 is 6.18 Å².